The monoisotopic (exact) mass is 249 g/mol. The molecular formula is C13H19N3O2. The Balaban J connectivity index is 2.98. The first kappa shape index (κ1) is 14.2. The molecule has 4 N–H and O–H groups in total. The fraction of sp³-hybridized carbons (Fsp3) is 0.385. The fourth-order valence-electron chi connectivity index (χ4n) is 1.51. The zero-order valence-electron chi connectivity index (χ0n) is 10.9. The Kier molecular flexibility index (Phi) is 4.85. The van der Waals surface area contributed by atoms with Gasteiger partial charge in [-0.15, -0.1) is 0 Å². The zero-order valence-corrected chi connectivity index (χ0v) is 10.9. The van der Waals surface area contributed by atoms with Gasteiger partial charge in [-0.2, -0.15) is 0 Å². The summed E-state index contributed by atoms with van der Waals surface area (Å²) in [6, 6.07) is 5.22. The van der Waals surface area contributed by atoms with Crippen LogP contribution in [0.1, 0.15) is 22.8 Å². The minimum Gasteiger partial charge on any atom is -0.355 e. The van der Waals surface area contributed by atoms with Gasteiger partial charge >= 0.3 is 0 Å². The Bertz CT molecular complexity index is 458. The summed E-state index contributed by atoms with van der Waals surface area (Å²) >= 11 is 0. The summed E-state index contributed by atoms with van der Waals surface area (Å²) in [4.78, 5) is 23.4. The van der Waals surface area contributed by atoms with Crippen molar-refractivity contribution in [2.75, 3.05) is 18.9 Å². The maximum absolute atomic E-state index is 11.8. The van der Waals surface area contributed by atoms with E-state index in [-0.39, 0.29) is 17.7 Å². The summed E-state index contributed by atoms with van der Waals surface area (Å²) in [7, 11) is 1.57. The van der Waals surface area contributed by atoms with E-state index in [1.807, 2.05) is 0 Å². The van der Waals surface area contributed by atoms with E-state index in [1.165, 1.54) is 0 Å². The maximum atomic E-state index is 11.8. The summed E-state index contributed by atoms with van der Waals surface area (Å²) in [5, 5.41) is 5.35. The second-order valence-corrected chi connectivity index (χ2v) is 4.18. The molecule has 0 radical (unpaired) electrons. The Labute approximate surface area is 107 Å². The quantitative estimate of drug-likeness (QED) is 0.741. The first-order chi connectivity index (χ1) is 8.51. The minimum atomic E-state index is -0.256. The van der Waals surface area contributed by atoms with Gasteiger partial charge in [0, 0.05) is 30.8 Å². The number of anilines is 1. The average molecular weight is 249 g/mol. The van der Waals surface area contributed by atoms with E-state index in [0.29, 0.717) is 17.8 Å². The lowest BCUT2D eigenvalue weighted by Crippen LogP contribution is -2.27. The Morgan fingerprint density at radius 3 is 2.61 bits per heavy atom. The molecule has 1 rings (SSSR count). The molecule has 0 aliphatic carbocycles. The lowest BCUT2D eigenvalue weighted by molar-refractivity contribution is -0.119. The summed E-state index contributed by atoms with van der Waals surface area (Å²) in [5.74, 6) is -0.571. The smallest absolute Gasteiger partial charge is 0.251 e. The van der Waals surface area contributed by atoms with E-state index in [1.54, 1.807) is 39.1 Å². The van der Waals surface area contributed by atoms with Crippen LogP contribution < -0.4 is 16.4 Å². The number of hydrogen-bond donors (Lipinski definition) is 3. The molecule has 0 aromatic heterocycles. The van der Waals surface area contributed by atoms with Gasteiger partial charge in [0.2, 0.25) is 5.91 Å². The second-order valence-electron chi connectivity index (χ2n) is 4.18. The number of nitrogens with two attached hydrogens (primary N) is 1. The number of nitrogens with one attached hydrogen (secondary N) is 2. The third-order valence-corrected chi connectivity index (χ3v) is 2.86. The third-order valence-electron chi connectivity index (χ3n) is 2.86. The molecule has 18 heavy (non-hydrogen) atoms. The van der Waals surface area contributed by atoms with Crippen molar-refractivity contribution in [3.63, 3.8) is 0 Å². The molecule has 2 amide bonds. The molecule has 0 aliphatic heterocycles. The van der Waals surface area contributed by atoms with Crippen molar-refractivity contribution in [3.05, 3.63) is 29.3 Å². The van der Waals surface area contributed by atoms with Crippen LogP contribution in [-0.4, -0.2) is 25.4 Å². The minimum absolute atomic E-state index is 0.144. The van der Waals surface area contributed by atoms with Gasteiger partial charge in [0.15, 0.2) is 0 Å². The molecule has 5 nitrogen and oxygen atoms in total. The second kappa shape index (κ2) is 6.16. The SMILES string of the molecule is CNC(=O)c1cccc(NC(=O)C(C)CN)c1C. The van der Waals surface area contributed by atoms with Crippen LogP contribution in [0, 0.1) is 12.8 Å². The van der Waals surface area contributed by atoms with Gasteiger partial charge in [-0.1, -0.05) is 13.0 Å². The van der Waals surface area contributed by atoms with Crippen LogP contribution in [-0.2, 0) is 4.79 Å². The van der Waals surface area contributed by atoms with Crippen molar-refractivity contribution in [2.45, 2.75) is 13.8 Å². The first-order valence-electron chi connectivity index (χ1n) is 5.83. The van der Waals surface area contributed by atoms with Gasteiger partial charge < -0.3 is 16.4 Å². The molecule has 1 atom stereocenters. The number of amides is 2. The van der Waals surface area contributed by atoms with Gasteiger partial charge in [0.05, 0.1) is 0 Å². The Hall–Kier alpha value is -1.88. The van der Waals surface area contributed by atoms with E-state index in [9.17, 15) is 9.59 Å². The molecule has 98 valence electrons. The van der Waals surface area contributed by atoms with Crippen LogP contribution in [0.3, 0.4) is 0 Å². The van der Waals surface area contributed by atoms with Crippen LogP contribution in [0.15, 0.2) is 18.2 Å². The van der Waals surface area contributed by atoms with Crippen molar-refractivity contribution in [2.24, 2.45) is 11.7 Å². The first-order valence-corrected chi connectivity index (χ1v) is 5.83. The van der Waals surface area contributed by atoms with Crippen molar-refractivity contribution >= 4 is 17.5 Å². The molecule has 0 bridgehead atoms. The van der Waals surface area contributed by atoms with Gasteiger partial charge in [0.1, 0.15) is 0 Å². The van der Waals surface area contributed by atoms with E-state index < -0.39 is 0 Å². The van der Waals surface area contributed by atoms with E-state index in [4.69, 9.17) is 5.73 Å². The predicted molar refractivity (Wildman–Crippen MR) is 71.4 cm³/mol. The van der Waals surface area contributed by atoms with Crippen LogP contribution in [0.4, 0.5) is 5.69 Å². The van der Waals surface area contributed by atoms with Gasteiger partial charge in [-0.25, -0.2) is 0 Å². The largest absolute Gasteiger partial charge is 0.355 e. The molecule has 0 fully saturated rings. The lowest BCUT2D eigenvalue weighted by atomic mass is 10.1. The van der Waals surface area contributed by atoms with Crippen LogP contribution in [0.5, 0.6) is 0 Å². The van der Waals surface area contributed by atoms with Crippen molar-refractivity contribution in [1.29, 1.82) is 0 Å². The molecule has 5 heteroatoms. The van der Waals surface area contributed by atoms with Gasteiger partial charge in [-0.3, -0.25) is 9.59 Å². The Morgan fingerprint density at radius 1 is 1.39 bits per heavy atom. The highest BCUT2D eigenvalue weighted by molar-refractivity contribution is 5.99. The molecule has 1 aromatic carbocycles. The van der Waals surface area contributed by atoms with E-state index in [2.05, 4.69) is 10.6 Å². The number of carbonyl (C=O) groups is 2. The molecular weight excluding hydrogens is 230 g/mol. The highest BCUT2D eigenvalue weighted by Crippen LogP contribution is 2.19. The molecule has 0 saturated carbocycles. The average Bonchev–Trinajstić information content (AvgIpc) is 2.39. The van der Waals surface area contributed by atoms with Crippen molar-refractivity contribution < 1.29 is 9.59 Å². The van der Waals surface area contributed by atoms with Crippen LogP contribution in [0.25, 0.3) is 0 Å². The summed E-state index contributed by atoms with van der Waals surface area (Å²) in [5.41, 5.74) is 7.38. The van der Waals surface area contributed by atoms with Crippen LogP contribution in [0.2, 0.25) is 0 Å². The normalized spacial score (nSPS) is 11.8. The number of rotatable bonds is 4. The van der Waals surface area contributed by atoms with Gasteiger partial charge in [-0.05, 0) is 24.6 Å². The zero-order chi connectivity index (χ0) is 13.7. The van der Waals surface area contributed by atoms with Crippen molar-refractivity contribution in [1.82, 2.24) is 5.32 Å². The highest BCUT2D eigenvalue weighted by atomic mass is 16.2. The molecule has 1 aromatic rings. The van der Waals surface area contributed by atoms with E-state index in [0.717, 1.165) is 5.56 Å². The standard InChI is InChI=1S/C13H19N3O2/c1-8(7-14)12(17)16-11-6-4-5-10(9(11)2)13(18)15-3/h4-6,8H,7,14H2,1-3H3,(H,15,18)(H,16,17). The van der Waals surface area contributed by atoms with Crippen molar-refractivity contribution in [3.8, 4) is 0 Å². The maximum Gasteiger partial charge on any atom is 0.251 e. The summed E-state index contributed by atoms with van der Waals surface area (Å²) in [6.45, 7) is 3.85. The number of benzene rings is 1. The molecule has 0 heterocycles. The predicted octanol–water partition coefficient (Wildman–Crippen LogP) is 0.888. The van der Waals surface area contributed by atoms with E-state index >= 15 is 0 Å². The summed E-state index contributed by atoms with van der Waals surface area (Å²) < 4.78 is 0. The molecule has 0 aliphatic rings. The molecule has 1 unspecified atom stereocenters. The highest BCUT2D eigenvalue weighted by Gasteiger charge is 2.14. The number of hydrogen-bond acceptors (Lipinski definition) is 3. The summed E-state index contributed by atoms with van der Waals surface area (Å²) in [6.07, 6.45) is 0. The van der Waals surface area contributed by atoms with Crippen LogP contribution >= 0.6 is 0 Å². The molecule has 0 saturated heterocycles. The fourth-order valence-corrected chi connectivity index (χ4v) is 1.51. The topological polar surface area (TPSA) is 84.2 Å². The third kappa shape index (κ3) is 3.07. The molecule has 0 spiro atoms. The lowest BCUT2D eigenvalue weighted by Gasteiger charge is -2.14. The van der Waals surface area contributed by atoms with Gasteiger partial charge in [0.25, 0.3) is 5.91 Å². The number of carbonyl (C=O) groups excluding carboxylic acids is 2. The Morgan fingerprint density at radius 2 is 2.06 bits per heavy atom.